The van der Waals surface area contributed by atoms with Crippen LogP contribution in [0.25, 0.3) is 0 Å². The summed E-state index contributed by atoms with van der Waals surface area (Å²) in [7, 11) is -14.8. The second-order valence-corrected chi connectivity index (χ2v) is 5.82. The van der Waals surface area contributed by atoms with E-state index in [1.807, 2.05) is 0 Å². The minimum absolute atomic E-state index is 0. The number of hydrogen-bond donors (Lipinski definition) is 12. The second kappa shape index (κ2) is 40.2. The van der Waals surface area contributed by atoms with Crippen molar-refractivity contribution in [1.82, 2.24) is 0 Å². The predicted octanol–water partition coefficient (Wildman–Crippen LogP) is -20.1. The quantitative estimate of drug-likeness (QED) is 0.104. The molecule has 1 radical (unpaired) electrons. The smallest absolute Gasteiger partial charge is 0.352 e. The van der Waals surface area contributed by atoms with E-state index in [4.69, 9.17) is 84.7 Å². The van der Waals surface area contributed by atoms with E-state index in [1.54, 1.807) is 0 Å². The number of carbonyl (C=O) groups is 6. The Labute approximate surface area is 242 Å². The van der Waals surface area contributed by atoms with Crippen molar-refractivity contribution in [3.8, 4) is 0 Å². The van der Waals surface area contributed by atoms with Crippen LogP contribution in [0.2, 0.25) is 0 Å². The standard InChI is InChI=1S/6CH4N2O.3ClHO4.Ti/c6*2-1(3)4;3*2-1(3,4)5;/h6*(H4,2,3,4);3*(H,2,3,4,5);/q;;;;;;;;;+3/p-3. The van der Waals surface area contributed by atoms with Crippen molar-refractivity contribution in [2.24, 2.45) is 68.8 Å². The first kappa shape index (κ1) is 65.6. The molecule has 0 saturated heterocycles. The summed E-state index contributed by atoms with van der Waals surface area (Å²) in [5.74, 6) is 0. The van der Waals surface area contributed by atoms with Gasteiger partial charge < -0.3 is 68.8 Å². The van der Waals surface area contributed by atoms with Crippen LogP contribution >= 0.6 is 0 Å². The van der Waals surface area contributed by atoms with Gasteiger partial charge in [-0.1, -0.05) is 0 Å². The maximum atomic E-state index is 9.00. The number of amides is 12. The fraction of sp³-hybridized carbons (Fsp3) is 0. The molecule has 0 aromatic heterocycles. The number of halogens is 3. The van der Waals surface area contributed by atoms with Crippen LogP contribution in [0.5, 0.6) is 0 Å². The van der Waals surface area contributed by atoms with Gasteiger partial charge in [0.15, 0.2) is 0 Å². The molecule has 0 spiro atoms. The molecule has 12 amide bonds. The third-order valence-corrected chi connectivity index (χ3v) is 0. The van der Waals surface area contributed by atoms with Gasteiger partial charge in [-0.15, -0.1) is 30.7 Å². The first-order valence-corrected chi connectivity index (χ1v) is 10.2. The van der Waals surface area contributed by atoms with Gasteiger partial charge in [-0.25, -0.2) is 84.7 Å². The summed E-state index contributed by atoms with van der Waals surface area (Å²) >= 11 is 0. The molecule has 0 saturated carbocycles. The topological polar surface area (TPSA) is 691 Å². The summed E-state index contributed by atoms with van der Waals surface area (Å²) < 4.78 is 102. The summed E-state index contributed by atoms with van der Waals surface area (Å²) in [6.07, 6.45) is 0. The molecule has 0 aliphatic rings. The molecule has 241 valence electrons. The molecule has 0 bridgehead atoms. The van der Waals surface area contributed by atoms with Crippen LogP contribution in [-0.4, -0.2) is 36.2 Å². The van der Waals surface area contributed by atoms with Gasteiger partial charge in [-0.2, -0.15) is 0 Å². The molecule has 40 heavy (non-hydrogen) atoms. The zero-order valence-corrected chi connectivity index (χ0v) is 22.7. The third-order valence-electron chi connectivity index (χ3n) is 0. The van der Waals surface area contributed by atoms with Crippen LogP contribution in [-0.2, 0) is 21.7 Å². The maximum absolute atomic E-state index is 9.00. The summed E-state index contributed by atoms with van der Waals surface area (Å²) in [5, 5.41) is 0. The largest absolute Gasteiger partial charge is 3.00 e. The number of primary amides is 12. The Morgan fingerprint density at radius 3 is 0.275 bits per heavy atom. The van der Waals surface area contributed by atoms with Gasteiger partial charge in [0.25, 0.3) is 0 Å². The predicted molar refractivity (Wildman–Crippen MR) is 82.6 cm³/mol. The van der Waals surface area contributed by atoms with Crippen LogP contribution in [0.4, 0.5) is 28.8 Å². The summed E-state index contributed by atoms with van der Waals surface area (Å²) in [6.45, 7) is 0. The minimum atomic E-state index is -4.94. The van der Waals surface area contributed by atoms with E-state index in [-0.39, 0.29) is 21.7 Å². The SMILES string of the molecule is NC(N)=O.NC(N)=O.NC(N)=O.NC(N)=O.NC(N)=O.NC(N)=O.[O-][Cl+3]([O-])([O-])[O-].[O-][Cl+3]([O-])([O-])[O-].[O-][Cl+3]([O-])([O-])[O-].[Ti+3]. The molecular formula is C6H24Cl3N12O18Ti. The van der Waals surface area contributed by atoms with Crippen molar-refractivity contribution >= 4 is 36.2 Å². The first-order chi connectivity index (χ1) is 16.4. The Bertz CT molecular complexity index is 480. The summed E-state index contributed by atoms with van der Waals surface area (Å²) in [6, 6.07) is -5.00. The van der Waals surface area contributed by atoms with Gasteiger partial charge in [-0.05, 0) is 0 Å². The van der Waals surface area contributed by atoms with E-state index in [1.165, 1.54) is 0 Å². The molecule has 0 aromatic carbocycles. The second-order valence-electron chi connectivity index (χ2n) is 3.55. The Morgan fingerprint density at radius 1 is 0.275 bits per heavy atom. The number of carbonyl (C=O) groups excluding carboxylic acids is 6. The van der Waals surface area contributed by atoms with Crippen molar-refractivity contribution in [3.05, 3.63) is 0 Å². The normalized spacial score (nSPS) is 8.10. The molecule has 0 atom stereocenters. The Hall–Kier alpha value is -3.28. The Kier molecular flexibility index (Phi) is 66.0. The molecule has 0 fully saturated rings. The molecule has 0 rings (SSSR count). The van der Waals surface area contributed by atoms with Crippen LogP contribution in [0, 0.1) is 30.7 Å². The number of nitrogens with two attached hydrogens (primary N) is 12. The molecular weight excluding hydrogens is 682 g/mol. The molecule has 30 nitrogen and oxygen atoms in total. The molecule has 0 aromatic rings. The van der Waals surface area contributed by atoms with E-state index in [9.17, 15) is 0 Å². The number of urea groups is 6. The fourth-order valence-corrected chi connectivity index (χ4v) is 0. The van der Waals surface area contributed by atoms with Gasteiger partial charge >= 0.3 is 57.9 Å². The van der Waals surface area contributed by atoms with Crippen molar-refractivity contribution < 1.29 is 137 Å². The summed E-state index contributed by atoms with van der Waals surface area (Å²) in [4.78, 5) is 54.0. The molecule has 34 heteroatoms. The van der Waals surface area contributed by atoms with Crippen molar-refractivity contribution in [2.45, 2.75) is 0 Å². The average Bonchev–Trinajstić information content (AvgIpc) is 2.35. The van der Waals surface area contributed by atoms with Crippen LogP contribution in [0.15, 0.2) is 0 Å². The monoisotopic (exact) mass is 705 g/mol. The minimum Gasteiger partial charge on any atom is -0.352 e. The summed E-state index contributed by atoms with van der Waals surface area (Å²) in [5.41, 5.74) is 51.0. The van der Waals surface area contributed by atoms with Crippen LogP contribution in [0.3, 0.4) is 0 Å². The third kappa shape index (κ3) is 3680. The van der Waals surface area contributed by atoms with Crippen LogP contribution in [0.1, 0.15) is 0 Å². The Morgan fingerprint density at radius 2 is 0.275 bits per heavy atom. The van der Waals surface area contributed by atoms with E-state index < -0.39 is 66.9 Å². The maximum Gasteiger partial charge on any atom is 3.00 e. The molecule has 0 heterocycles. The zero-order chi connectivity index (χ0) is 35.0. The van der Waals surface area contributed by atoms with E-state index in [0.29, 0.717) is 0 Å². The van der Waals surface area contributed by atoms with Crippen LogP contribution < -0.4 is 125 Å². The Balaban J connectivity index is -0.0000000316. The van der Waals surface area contributed by atoms with Crippen molar-refractivity contribution in [1.29, 1.82) is 0 Å². The van der Waals surface area contributed by atoms with Gasteiger partial charge in [0.1, 0.15) is 0 Å². The van der Waals surface area contributed by atoms with Crippen molar-refractivity contribution in [2.75, 3.05) is 0 Å². The molecule has 0 aliphatic carbocycles. The van der Waals surface area contributed by atoms with Gasteiger partial charge in [-0.3, -0.25) is 0 Å². The molecule has 24 N–H and O–H groups in total. The van der Waals surface area contributed by atoms with E-state index in [0.717, 1.165) is 0 Å². The number of rotatable bonds is 0. The van der Waals surface area contributed by atoms with E-state index in [2.05, 4.69) is 68.8 Å². The molecule has 0 unspecified atom stereocenters. The number of hydrogen-bond acceptors (Lipinski definition) is 18. The van der Waals surface area contributed by atoms with E-state index >= 15 is 0 Å². The zero-order valence-electron chi connectivity index (χ0n) is 18.9. The van der Waals surface area contributed by atoms with Gasteiger partial charge in [0.05, 0.1) is 0 Å². The van der Waals surface area contributed by atoms with Gasteiger partial charge in [0, 0.05) is 0 Å². The molecule has 0 aliphatic heterocycles. The van der Waals surface area contributed by atoms with Gasteiger partial charge in [0.2, 0.25) is 0 Å². The van der Waals surface area contributed by atoms with Crippen molar-refractivity contribution in [3.63, 3.8) is 0 Å². The average molecular weight is 707 g/mol. The first-order valence-electron chi connectivity index (χ1n) is 6.54. The fourth-order valence-electron chi connectivity index (χ4n) is 0.